The molecule has 2 heterocycles. The summed E-state index contributed by atoms with van der Waals surface area (Å²) in [4.78, 5) is 41.7. The molecule has 0 radical (unpaired) electrons. The number of carbonyl (C=O) groups excluding carboxylic acids is 3. The summed E-state index contributed by atoms with van der Waals surface area (Å²) in [6, 6.07) is 3.42. The van der Waals surface area contributed by atoms with Gasteiger partial charge in [-0.05, 0) is 30.2 Å². The molecule has 0 bridgehead atoms. The maximum Gasteiger partial charge on any atom is 0.262 e. The van der Waals surface area contributed by atoms with Gasteiger partial charge in [0.15, 0.2) is 0 Å². The number of hydrogen-bond donors (Lipinski definition) is 2. The van der Waals surface area contributed by atoms with Crippen LogP contribution in [0, 0.1) is 5.92 Å². The lowest BCUT2D eigenvalue weighted by Gasteiger charge is -2.37. The first kappa shape index (κ1) is 19.8. The van der Waals surface area contributed by atoms with Crippen LogP contribution in [0.25, 0.3) is 0 Å². The third-order valence-electron chi connectivity index (χ3n) is 4.96. The predicted octanol–water partition coefficient (Wildman–Crippen LogP) is 0.925. The first-order valence-electron chi connectivity index (χ1n) is 9.59. The van der Waals surface area contributed by atoms with Gasteiger partial charge in [-0.2, -0.15) is 0 Å². The third kappa shape index (κ3) is 5.52. The van der Waals surface area contributed by atoms with Crippen molar-refractivity contribution >= 4 is 29.1 Å². The molecule has 1 aromatic heterocycles. The van der Waals surface area contributed by atoms with Crippen molar-refractivity contribution in [3.8, 4) is 0 Å². The molecule has 7 nitrogen and oxygen atoms in total. The fraction of sp³-hybridized carbons (Fsp3) is 0.632. The molecule has 3 amide bonds. The van der Waals surface area contributed by atoms with E-state index in [0.29, 0.717) is 43.6 Å². The van der Waals surface area contributed by atoms with E-state index in [9.17, 15) is 14.4 Å². The summed E-state index contributed by atoms with van der Waals surface area (Å²) in [5, 5.41) is 7.73. The van der Waals surface area contributed by atoms with Gasteiger partial charge in [0.1, 0.15) is 6.04 Å². The monoisotopic (exact) mass is 392 g/mol. The lowest BCUT2D eigenvalue weighted by atomic mass is 10.0. The molecule has 0 spiro atoms. The molecule has 1 aliphatic heterocycles. The Morgan fingerprint density at radius 3 is 2.44 bits per heavy atom. The minimum Gasteiger partial charge on any atom is -0.352 e. The van der Waals surface area contributed by atoms with Gasteiger partial charge in [0.05, 0.1) is 11.4 Å². The fourth-order valence-corrected chi connectivity index (χ4v) is 3.79. The minimum absolute atomic E-state index is 0.00348. The Morgan fingerprint density at radius 1 is 1.19 bits per heavy atom. The summed E-state index contributed by atoms with van der Waals surface area (Å²) < 4.78 is 0. The van der Waals surface area contributed by atoms with Gasteiger partial charge in [0.2, 0.25) is 11.8 Å². The lowest BCUT2D eigenvalue weighted by molar-refractivity contribution is -0.136. The van der Waals surface area contributed by atoms with E-state index < -0.39 is 6.04 Å². The zero-order valence-corrected chi connectivity index (χ0v) is 16.8. The summed E-state index contributed by atoms with van der Waals surface area (Å²) in [5.74, 6) is -0.172. The molecule has 8 heteroatoms. The van der Waals surface area contributed by atoms with Gasteiger partial charge >= 0.3 is 0 Å². The van der Waals surface area contributed by atoms with Crippen molar-refractivity contribution in [3.05, 3.63) is 22.4 Å². The van der Waals surface area contributed by atoms with Crippen LogP contribution in [-0.4, -0.2) is 72.3 Å². The van der Waals surface area contributed by atoms with Crippen molar-refractivity contribution in [2.24, 2.45) is 5.92 Å². The number of amides is 3. The Labute approximate surface area is 164 Å². The summed E-state index contributed by atoms with van der Waals surface area (Å²) in [7, 11) is 0. The molecule has 1 saturated carbocycles. The van der Waals surface area contributed by atoms with Gasteiger partial charge in [0, 0.05) is 32.2 Å². The van der Waals surface area contributed by atoms with Gasteiger partial charge in [-0.3, -0.25) is 19.3 Å². The average molecular weight is 393 g/mol. The standard InChI is InChI=1S/C19H28N4O3S/c1-13(2)17(21-18(25)15-4-3-11-27-15)19(26)23-9-7-22(8-10-23)12-16(24)20-14-5-6-14/h3-4,11,13-14,17H,5-10,12H2,1-2H3,(H,20,24)(H,21,25). The van der Waals surface area contributed by atoms with E-state index in [1.54, 1.807) is 11.0 Å². The van der Waals surface area contributed by atoms with Crippen molar-refractivity contribution in [1.29, 1.82) is 0 Å². The largest absolute Gasteiger partial charge is 0.352 e. The van der Waals surface area contributed by atoms with Gasteiger partial charge < -0.3 is 15.5 Å². The SMILES string of the molecule is CC(C)C(NC(=O)c1cccs1)C(=O)N1CCN(CC(=O)NC2CC2)CC1. The second kappa shape index (κ2) is 8.84. The van der Waals surface area contributed by atoms with Crippen molar-refractivity contribution in [1.82, 2.24) is 20.4 Å². The highest BCUT2D eigenvalue weighted by molar-refractivity contribution is 7.12. The molecular weight excluding hydrogens is 364 g/mol. The Morgan fingerprint density at radius 2 is 1.89 bits per heavy atom. The normalized spacial score (nSPS) is 19.0. The molecule has 2 N–H and O–H groups in total. The minimum atomic E-state index is -0.538. The van der Waals surface area contributed by atoms with Crippen LogP contribution in [0.4, 0.5) is 0 Å². The van der Waals surface area contributed by atoms with Crippen LogP contribution in [0.3, 0.4) is 0 Å². The molecule has 3 rings (SSSR count). The molecule has 1 saturated heterocycles. The fourth-order valence-electron chi connectivity index (χ4n) is 3.16. The number of rotatable bonds is 7. The van der Waals surface area contributed by atoms with E-state index in [1.165, 1.54) is 11.3 Å². The number of hydrogen-bond acceptors (Lipinski definition) is 5. The van der Waals surface area contributed by atoms with E-state index >= 15 is 0 Å². The first-order valence-corrected chi connectivity index (χ1v) is 10.5. The van der Waals surface area contributed by atoms with Crippen molar-refractivity contribution in [2.45, 2.75) is 38.8 Å². The zero-order chi connectivity index (χ0) is 19.4. The summed E-state index contributed by atoms with van der Waals surface area (Å²) in [5.41, 5.74) is 0. The highest BCUT2D eigenvalue weighted by atomic mass is 32.1. The van der Waals surface area contributed by atoms with Crippen molar-refractivity contribution in [2.75, 3.05) is 32.7 Å². The van der Waals surface area contributed by atoms with E-state index in [1.807, 2.05) is 25.3 Å². The topological polar surface area (TPSA) is 81.8 Å². The van der Waals surface area contributed by atoms with E-state index in [4.69, 9.17) is 0 Å². The van der Waals surface area contributed by atoms with Gasteiger partial charge in [-0.15, -0.1) is 11.3 Å². The van der Waals surface area contributed by atoms with E-state index in [2.05, 4.69) is 15.5 Å². The number of carbonyl (C=O) groups is 3. The smallest absolute Gasteiger partial charge is 0.262 e. The average Bonchev–Trinajstić information content (AvgIpc) is 3.27. The highest BCUT2D eigenvalue weighted by Crippen LogP contribution is 2.18. The molecule has 2 fully saturated rings. The van der Waals surface area contributed by atoms with Crippen molar-refractivity contribution in [3.63, 3.8) is 0 Å². The number of nitrogens with zero attached hydrogens (tertiary/aromatic N) is 2. The van der Waals surface area contributed by atoms with Crippen LogP contribution in [0.5, 0.6) is 0 Å². The van der Waals surface area contributed by atoms with Crippen LogP contribution < -0.4 is 10.6 Å². The molecule has 27 heavy (non-hydrogen) atoms. The third-order valence-corrected chi connectivity index (χ3v) is 5.83. The zero-order valence-electron chi connectivity index (χ0n) is 15.9. The first-order chi connectivity index (χ1) is 12.9. The number of thiophene rings is 1. The molecular formula is C19H28N4O3S. The van der Waals surface area contributed by atoms with Crippen LogP contribution in [-0.2, 0) is 9.59 Å². The quantitative estimate of drug-likeness (QED) is 0.723. The van der Waals surface area contributed by atoms with Crippen LogP contribution >= 0.6 is 11.3 Å². The Balaban J connectivity index is 1.49. The summed E-state index contributed by atoms with van der Waals surface area (Å²) >= 11 is 1.36. The maximum absolute atomic E-state index is 12.9. The molecule has 0 aromatic carbocycles. The number of nitrogens with one attached hydrogen (secondary N) is 2. The Bertz CT molecular complexity index is 665. The van der Waals surface area contributed by atoms with Gasteiger partial charge in [-0.25, -0.2) is 0 Å². The Hall–Kier alpha value is -1.93. The highest BCUT2D eigenvalue weighted by Gasteiger charge is 2.32. The molecule has 1 aliphatic carbocycles. The molecule has 148 valence electrons. The predicted molar refractivity (Wildman–Crippen MR) is 105 cm³/mol. The van der Waals surface area contributed by atoms with Crippen LogP contribution in [0.2, 0.25) is 0 Å². The summed E-state index contributed by atoms with van der Waals surface area (Å²) in [6.45, 7) is 6.77. The van der Waals surface area contributed by atoms with Gasteiger partial charge in [-0.1, -0.05) is 19.9 Å². The van der Waals surface area contributed by atoms with Gasteiger partial charge in [0.25, 0.3) is 5.91 Å². The van der Waals surface area contributed by atoms with E-state index in [0.717, 1.165) is 12.8 Å². The molecule has 1 unspecified atom stereocenters. The lowest BCUT2D eigenvalue weighted by Crippen LogP contribution is -2.57. The molecule has 2 aliphatic rings. The molecule has 1 aromatic rings. The number of piperazine rings is 1. The molecule has 1 atom stereocenters. The van der Waals surface area contributed by atoms with E-state index in [-0.39, 0.29) is 23.6 Å². The Kier molecular flexibility index (Phi) is 6.49. The van der Waals surface area contributed by atoms with Crippen LogP contribution in [0.1, 0.15) is 36.4 Å². The maximum atomic E-state index is 12.9. The van der Waals surface area contributed by atoms with Crippen molar-refractivity contribution < 1.29 is 14.4 Å². The second-order valence-electron chi connectivity index (χ2n) is 7.62. The van der Waals surface area contributed by atoms with Crippen LogP contribution in [0.15, 0.2) is 17.5 Å². The summed E-state index contributed by atoms with van der Waals surface area (Å²) in [6.07, 6.45) is 2.17. The second-order valence-corrected chi connectivity index (χ2v) is 8.56.